The maximum atomic E-state index is 14.2. The first kappa shape index (κ1) is 17.4. The maximum absolute atomic E-state index is 14.2. The summed E-state index contributed by atoms with van der Waals surface area (Å²) in [5.74, 6) is 0.249. The van der Waals surface area contributed by atoms with Crippen molar-refractivity contribution in [3.8, 4) is 11.4 Å². The number of nitrogens with zero attached hydrogens (tertiary/aromatic N) is 2. The first-order valence-corrected chi connectivity index (χ1v) is 8.97. The zero-order chi connectivity index (χ0) is 19.0. The Labute approximate surface area is 156 Å². The van der Waals surface area contributed by atoms with Gasteiger partial charge in [-0.25, -0.2) is 4.39 Å². The summed E-state index contributed by atoms with van der Waals surface area (Å²) in [5.41, 5.74) is 1.58. The van der Waals surface area contributed by atoms with Crippen molar-refractivity contribution in [3.63, 3.8) is 0 Å². The molecule has 27 heavy (non-hydrogen) atoms. The predicted octanol–water partition coefficient (Wildman–Crippen LogP) is 4.09. The molecule has 1 amide bonds. The van der Waals surface area contributed by atoms with E-state index in [0.717, 1.165) is 11.1 Å². The van der Waals surface area contributed by atoms with Crippen molar-refractivity contribution in [2.45, 2.75) is 38.1 Å². The number of hydrogen-bond donors (Lipinski definition) is 1. The van der Waals surface area contributed by atoms with Gasteiger partial charge in [0.05, 0.1) is 5.41 Å². The van der Waals surface area contributed by atoms with Crippen LogP contribution in [0.5, 0.6) is 0 Å². The SMILES string of the molecule is Cc1ccccc1-c1noc(C(C)NC(=O)C2(c3ccccc3F)CC2)n1. The summed E-state index contributed by atoms with van der Waals surface area (Å²) in [7, 11) is 0. The van der Waals surface area contributed by atoms with Crippen LogP contribution in [0, 0.1) is 12.7 Å². The molecule has 1 aliphatic rings. The monoisotopic (exact) mass is 365 g/mol. The molecule has 2 aromatic carbocycles. The quantitative estimate of drug-likeness (QED) is 0.739. The fourth-order valence-corrected chi connectivity index (χ4v) is 3.33. The number of carbonyl (C=O) groups is 1. The highest BCUT2D eigenvalue weighted by Gasteiger charge is 2.53. The molecular weight excluding hydrogens is 345 g/mol. The number of amides is 1. The smallest absolute Gasteiger partial charge is 0.249 e. The molecule has 6 heteroatoms. The van der Waals surface area contributed by atoms with Crippen LogP contribution in [-0.2, 0) is 10.2 Å². The van der Waals surface area contributed by atoms with Crippen LogP contribution in [0.2, 0.25) is 0 Å². The minimum absolute atomic E-state index is 0.212. The molecule has 1 heterocycles. The van der Waals surface area contributed by atoms with Gasteiger partial charge < -0.3 is 9.84 Å². The second-order valence-corrected chi connectivity index (χ2v) is 7.03. The van der Waals surface area contributed by atoms with Gasteiger partial charge in [-0.05, 0) is 38.3 Å². The van der Waals surface area contributed by atoms with Crippen molar-refractivity contribution in [2.24, 2.45) is 0 Å². The summed E-state index contributed by atoms with van der Waals surface area (Å²) in [5, 5.41) is 6.93. The number of aromatic nitrogens is 2. The van der Waals surface area contributed by atoms with Crippen LogP contribution in [0.3, 0.4) is 0 Å². The number of benzene rings is 2. The highest BCUT2D eigenvalue weighted by Crippen LogP contribution is 2.49. The van der Waals surface area contributed by atoms with Crippen LogP contribution in [0.15, 0.2) is 53.1 Å². The number of nitrogens with one attached hydrogen (secondary N) is 1. The second-order valence-electron chi connectivity index (χ2n) is 7.03. The van der Waals surface area contributed by atoms with Crippen LogP contribution in [0.4, 0.5) is 4.39 Å². The van der Waals surface area contributed by atoms with E-state index in [-0.39, 0.29) is 11.7 Å². The van der Waals surface area contributed by atoms with Gasteiger partial charge >= 0.3 is 0 Å². The summed E-state index contributed by atoms with van der Waals surface area (Å²) < 4.78 is 19.5. The fourth-order valence-electron chi connectivity index (χ4n) is 3.33. The molecule has 1 saturated carbocycles. The highest BCUT2D eigenvalue weighted by molar-refractivity contribution is 5.91. The van der Waals surface area contributed by atoms with Gasteiger partial charge in [0, 0.05) is 11.1 Å². The van der Waals surface area contributed by atoms with Gasteiger partial charge in [0.2, 0.25) is 17.6 Å². The molecule has 5 nitrogen and oxygen atoms in total. The molecule has 1 atom stereocenters. The Morgan fingerprint density at radius 2 is 1.89 bits per heavy atom. The molecule has 1 unspecified atom stereocenters. The van der Waals surface area contributed by atoms with Crippen molar-refractivity contribution in [1.82, 2.24) is 15.5 Å². The highest BCUT2D eigenvalue weighted by atomic mass is 19.1. The zero-order valence-electron chi connectivity index (χ0n) is 15.2. The van der Waals surface area contributed by atoms with Gasteiger partial charge in [-0.1, -0.05) is 47.6 Å². The summed E-state index contributed by atoms with van der Waals surface area (Å²) in [6, 6.07) is 13.7. The van der Waals surface area contributed by atoms with E-state index in [1.54, 1.807) is 25.1 Å². The van der Waals surface area contributed by atoms with E-state index in [9.17, 15) is 9.18 Å². The Morgan fingerprint density at radius 3 is 2.59 bits per heavy atom. The molecule has 1 fully saturated rings. The minimum Gasteiger partial charge on any atom is -0.344 e. The summed E-state index contributed by atoms with van der Waals surface area (Å²) in [4.78, 5) is 17.2. The van der Waals surface area contributed by atoms with Gasteiger partial charge in [-0.2, -0.15) is 4.98 Å². The van der Waals surface area contributed by atoms with Gasteiger partial charge in [-0.3, -0.25) is 4.79 Å². The lowest BCUT2D eigenvalue weighted by Crippen LogP contribution is -2.37. The van der Waals surface area contributed by atoms with Crippen molar-refractivity contribution in [1.29, 1.82) is 0 Å². The summed E-state index contributed by atoms with van der Waals surface area (Å²) in [6.45, 7) is 3.76. The van der Waals surface area contributed by atoms with E-state index < -0.39 is 11.5 Å². The molecule has 1 aromatic heterocycles. The van der Waals surface area contributed by atoms with Crippen molar-refractivity contribution >= 4 is 5.91 Å². The van der Waals surface area contributed by atoms with E-state index in [2.05, 4.69) is 15.5 Å². The molecule has 0 aliphatic heterocycles. The summed E-state index contributed by atoms with van der Waals surface area (Å²) in [6.07, 6.45) is 1.26. The first-order chi connectivity index (χ1) is 13.0. The predicted molar refractivity (Wildman–Crippen MR) is 98.3 cm³/mol. The Kier molecular flexibility index (Phi) is 4.26. The molecule has 1 aliphatic carbocycles. The van der Waals surface area contributed by atoms with Crippen molar-refractivity contribution in [3.05, 3.63) is 71.4 Å². The van der Waals surface area contributed by atoms with Crippen LogP contribution >= 0.6 is 0 Å². The third kappa shape index (κ3) is 3.12. The third-order valence-corrected chi connectivity index (χ3v) is 5.12. The van der Waals surface area contributed by atoms with Gasteiger partial charge in [0.1, 0.15) is 11.9 Å². The van der Waals surface area contributed by atoms with Crippen molar-refractivity contribution < 1.29 is 13.7 Å². The first-order valence-electron chi connectivity index (χ1n) is 8.97. The molecule has 3 aromatic rings. The average molecular weight is 365 g/mol. The summed E-state index contributed by atoms with van der Waals surface area (Å²) >= 11 is 0. The number of aryl methyl sites for hydroxylation is 1. The number of hydrogen-bond acceptors (Lipinski definition) is 4. The Hall–Kier alpha value is -3.02. The topological polar surface area (TPSA) is 68.0 Å². The van der Waals surface area contributed by atoms with E-state index >= 15 is 0 Å². The normalized spacial score (nSPS) is 16.0. The Bertz CT molecular complexity index is 994. The molecule has 4 rings (SSSR count). The van der Waals surface area contributed by atoms with E-state index in [0.29, 0.717) is 30.1 Å². The third-order valence-electron chi connectivity index (χ3n) is 5.12. The molecule has 0 spiro atoms. The van der Waals surface area contributed by atoms with Crippen LogP contribution in [-0.4, -0.2) is 16.0 Å². The zero-order valence-corrected chi connectivity index (χ0v) is 15.2. The Balaban J connectivity index is 1.52. The largest absolute Gasteiger partial charge is 0.344 e. The van der Waals surface area contributed by atoms with Crippen molar-refractivity contribution in [2.75, 3.05) is 0 Å². The lowest BCUT2D eigenvalue weighted by molar-refractivity contribution is -0.124. The lowest BCUT2D eigenvalue weighted by Gasteiger charge is -2.18. The van der Waals surface area contributed by atoms with Crippen LogP contribution in [0.25, 0.3) is 11.4 Å². The Morgan fingerprint density at radius 1 is 1.19 bits per heavy atom. The molecule has 1 N–H and O–H groups in total. The standard InChI is InChI=1S/C21H20FN3O2/c1-13-7-3-4-8-15(13)18-24-19(27-25-18)14(2)23-20(26)21(11-12-21)16-9-5-6-10-17(16)22/h3-10,14H,11-12H2,1-2H3,(H,23,26). The number of rotatable bonds is 5. The molecule has 0 radical (unpaired) electrons. The lowest BCUT2D eigenvalue weighted by atomic mass is 9.94. The van der Waals surface area contributed by atoms with Gasteiger partial charge in [0.15, 0.2) is 0 Å². The molecule has 0 saturated heterocycles. The van der Waals surface area contributed by atoms with E-state index in [1.165, 1.54) is 6.07 Å². The number of carbonyl (C=O) groups excluding carboxylic acids is 1. The van der Waals surface area contributed by atoms with Gasteiger partial charge in [0.25, 0.3) is 0 Å². The molecule has 0 bridgehead atoms. The minimum atomic E-state index is -0.793. The average Bonchev–Trinajstić information content (AvgIpc) is 3.32. The van der Waals surface area contributed by atoms with E-state index in [4.69, 9.17) is 4.52 Å². The number of halogens is 1. The second kappa shape index (κ2) is 6.61. The van der Waals surface area contributed by atoms with Crippen LogP contribution in [0.1, 0.15) is 42.8 Å². The van der Waals surface area contributed by atoms with E-state index in [1.807, 2.05) is 31.2 Å². The van der Waals surface area contributed by atoms with Gasteiger partial charge in [-0.15, -0.1) is 0 Å². The molecular formula is C21H20FN3O2. The fraction of sp³-hybridized carbons (Fsp3) is 0.286. The maximum Gasteiger partial charge on any atom is 0.249 e. The van der Waals surface area contributed by atoms with Crippen LogP contribution < -0.4 is 5.32 Å². The molecule has 138 valence electrons.